The Kier molecular flexibility index (Phi) is 4.93. The fourth-order valence-electron chi connectivity index (χ4n) is 3.50. The Labute approximate surface area is 171 Å². The van der Waals surface area contributed by atoms with Gasteiger partial charge in [0.15, 0.2) is 5.76 Å². The molecule has 6 nitrogen and oxygen atoms in total. The number of aromatic nitrogens is 1. The van der Waals surface area contributed by atoms with E-state index in [0.29, 0.717) is 43.3 Å². The van der Waals surface area contributed by atoms with Crippen LogP contribution in [0.5, 0.6) is 0 Å². The van der Waals surface area contributed by atoms with Gasteiger partial charge in [0.1, 0.15) is 5.76 Å². The van der Waals surface area contributed by atoms with Crippen LogP contribution in [-0.4, -0.2) is 52.8 Å². The van der Waals surface area contributed by atoms with Crippen LogP contribution in [0, 0.1) is 13.8 Å². The quantitative estimate of drug-likeness (QED) is 0.606. The number of nitrogens with zero attached hydrogens (tertiary/aromatic N) is 3. The summed E-state index contributed by atoms with van der Waals surface area (Å²) >= 11 is 3.46. The Balaban J connectivity index is 1.52. The minimum absolute atomic E-state index is 0.0289. The average Bonchev–Trinajstić information content (AvgIpc) is 3.12. The van der Waals surface area contributed by atoms with Crippen molar-refractivity contribution in [1.29, 1.82) is 0 Å². The lowest BCUT2D eigenvalue weighted by Crippen LogP contribution is -2.50. The monoisotopic (exact) mass is 441 g/mol. The van der Waals surface area contributed by atoms with E-state index in [-0.39, 0.29) is 11.8 Å². The van der Waals surface area contributed by atoms with Crippen molar-refractivity contribution in [3.63, 3.8) is 0 Å². The number of rotatable bonds is 2. The second kappa shape index (κ2) is 7.39. The molecule has 1 aliphatic heterocycles. The van der Waals surface area contributed by atoms with Gasteiger partial charge >= 0.3 is 0 Å². The van der Waals surface area contributed by atoms with Gasteiger partial charge in [-0.3, -0.25) is 14.6 Å². The van der Waals surface area contributed by atoms with E-state index in [1.54, 1.807) is 21.9 Å². The third-order valence-electron chi connectivity index (χ3n) is 4.94. The highest BCUT2D eigenvalue weighted by molar-refractivity contribution is 9.10. The fraction of sp³-hybridized carbons (Fsp3) is 0.286. The molecule has 0 saturated carbocycles. The Morgan fingerprint density at radius 1 is 0.964 bits per heavy atom. The van der Waals surface area contributed by atoms with Gasteiger partial charge in [0, 0.05) is 41.7 Å². The normalized spacial score (nSPS) is 14.5. The number of carbonyl (C=O) groups is 2. The van der Waals surface area contributed by atoms with Crippen molar-refractivity contribution >= 4 is 38.6 Å². The predicted molar refractivity (Wildman–Crippen MR) is 109 cm³/mol. The Morgan fingerprint density at radius 3 is 2.29 bits per heavy atom. The second-order valence-corrected chi connectivity index (χ2v) is 7.88. The molecule has 1 aliphatic rings. The summed E-state index contributed by atoms with van der Waals surface area (Å²) in [7, 11) is 0. The molecule has 144 valence electrons. The van der Waals surface area contributed by atoms with Gasteiger partial charge in [0.2, 0.25) is 0 Å². The first-order valence-corrected chi connectivity index (χ1v) is 9.93. The summed E-state index contributed by atoms with van der Waals surface area (Å²) in [5.74, 6) is 0.899. The summed E-state index contributed by atoms with van der Waals surface area (Å²) in [5.41, 5.74) is 2.24. The molecule has 2 amide bonds. The summed E-state index contributed by atoms with van der Waals surface area (Å²) in [4.78, 5) is 33.8. The number of pyridine rings is 1. The van der Waals surface area contributed by atoms with E-state index in [1.165, 1.54) is 0 Å². The third-order valence-corrected chi connectivity index (χ3v) is 5.43. The van der Waals surface area contributed by atoms with E-state index >= 15 is 0 Å². The molecule has 28 heavy (non-hydrogen) atoms. The van der Waals surface area contributed by atoms with Gasteiger partial charge in [0.25, 0.3) is 11.8 Å². The molecule has 1 aromatic carbocycles. The maximum Gasteiger partial charge on any atom is 0.289 e. The van der Waals surface area contributed by atoms with Crippen LogP contribution in [0.15, 0.2) is 45.3 Å². The van der Waals surface area contributed by atoms with E-state index < -0.39 is 0 Å². The first kappa shape index (κ1) is 18.7. The molecule has 1 fully saturated rings. The molecule has 0 N–H and O–H groups in total. The first-order chi connectivity index (χ1) is 13.4. The van der Waals surface area contributed by atoms with Gasteiger partial charge in [-0.05, 0) is 44.2 Å². The molecular weight excluding hydrogens is 422 g/mol. The summed E-state index contributed by atoms with van der Waals surface area (Å²) in [6.07, 6.45) is 0. The molecule has 4 rings (SSSR count). The highest BCUT2D eigenvalue weighted by Crippen LogP contribution is 2.24. The maximum absolute atomic E-state index is 13.2. The summed E-state index contributed by atoms with van der Waals surface area (Å²) in [5, 5.41) is 0.836. The van der Waals surface area contributed by atoms with Crippen molar-refractivity contribution in [2.24, 2.45) is 0 Å². The van der Waals surface area contributed by atoms with E-state index in [2.05, 4.69) is 20.9 Å². The van der Waals surface area contributed by atoms with Crippen LogP contribution >= 0.6 is 15.9 Å². The highest BCUT2D eigenvalue weighted by atomic mass is 79.9. The van der Waals surface area contributed by atoms with Crippen molar-refractivity contribution < 1.29 is 14.0 Å². The lowest BCUT2D eigenvalue weighted by molar-refractivity contribution is 0.0518. The molecule has 0 unspecified atom stereocenters. The van der Waals surface area contributed by atoms with Crippen LogP contribution in [0.1, 0.15) is 32.4 Å². The number of hydrogen-bond donors (Lipinski definition) is 0. The van der Waals surface area contributed by atoms with Crippen LogP contribution in [0.3, 0.4) is 0 Å². The van der Waals surface area contributed by atoms with Crippen molar-refractivity contribution in [3.8, 4) is 0 Å². The van der Waals surface area contributed by atoms with Gasteiger partial charge in [-0.1, -0.05) is 22.0 Å². The lowest BCUT2D eigenvalue weighted by atomic mass is 10.1. The number of furan rings is 1. The zero-order chi connectivity index (χ0) is 19.8. The Hall–Kier alpha value is -2.67. The van der Waals surface area contributed by atoms with Crippen LogP contribution in [0.25, 0.3) is 10.9 Å². The van der Waals surface area contributed by atoms with E-state index in [0.717, 1.165) is 21.1 Å². The minimum Gasteiger partial charge on any atom is -0.456 e. The number of fused-ring (bicyclic) bond motifs is 1. The van der Waals surface area contributed by atoms with Gasteiger partial charge in [-0.2, -0.15) is 0 Å². The van der Waals surface area contributed by atoms with Gasteiger partial charge < -0.3 is 14.2 Å². The Bertz CT molecular complexity index is 1060. The van der Waals surface area contributed by atoms with E-state index in [9.17, 15) is 9.59 Å². The minimum atomic E-state index is -0.129. The number of aryl methyl sites for hydroxylation is 2. The highest BCUT2D eigenvalue weighted by Gasteiger charge is 2.27. The van der Waals surface area contributed by atoms with Crippen LogP contribution in [0.2, 0.25) is 0 Å². The maximum atomic E-state index is 13.2. The standard InChI is InChI=1S/C21H20BrN3O3/c1-13-11-17(16-5-4-15(22)12-18(16)23-13)20(26)24-7-9-25(10-8-24)21(27)19-6-3-14(2)28-19/h3-6,11-12H,7-10H2,1-2H3. The molecule has 2 aromatic heterocycles. The number of benzene rings is 1. The molecule has 0 radical (unpaired) electrons. The van der Waals surface area contributed by atoms with Crippen LogP contribution < -0.4 is 0 Å². The smallest absolute Gasteiger partial charge is 0.289 e. The molecule has 0 aliphatic carbocycles. The first-order valence-electron chi connectivity index (χ1n) is 9.14. The van der Waals surface area contributed by atoms with E-state index in [1.807, 2.05) is 38.1 Å². The molecular formula is C21H20BrN3O3. The van der Waals surface area contributed by atoms with Gasteiger partial charge in [0.05, 0.1) is 11.1 Å². The number of piperazine rings is 1. The van der Waals surface area contributed by atoms with Crippen molar-refractivity contribution in [2.45, 2.75) is 13.8 Å². The van der Waals surface area contributed by atoms with Gasteiger partial charge in [-0.25, -0.2) is 0 Å². The Morgan fingerprint density at radius 2 is 1.64 bits per heavy atom. The molecule has 3 aromatic rings. The number of carbonyl (C=O) groups excluding carboxylic acids is 2. The average molecular weight is 442 g/mol. The number of amides is 2. The van der Waals surface area contributed by atoms with Crippen LogP contribution in [0.4, 0.5) is 0 Å². The largest absolute Gasteiger partial charge is 0.456 e. The summed E-state index contributed by atoms with van der Waals surface area (Å²) < 4.78 is 6.36. The topological polar surface area (TPSA) is 66.7 Å². The number of halogens is 1. The lowest BCUT2D eigenvalue weighted by Gasteiger charge is -2.34. The zero-order valence-electron chi connectivity index (χ0n) is 15.7. The van der Waals surface area contributed by atoms with Crippen molar-refractivity contribution in [3.05, 3.63) is 63.6 Å². The third kappa shape index (κ3) is 3.54. The molecule has 1 saturated heterocycles. The molecule has 0 atom stereocenters. The summed E-state index contributed by atoms with van der Waals surface area (Å²) in [6, 6.07) is 11.1. The predicted octanol–water partition coefficient (Wildman–Crippen LogP) is 3.81. The van der Waals surface area contributed by atoms with Crippen molar-refractivity contribution in [1.82, 2.24) is 14.8 Å². The molecule has 3 heterocycles. The molecule has 0 spiro atoms. The van der Waals surface area contributed by atoms with Crippen LogP contribution in [-0.2, 0) is 0 Å². The molecule has 0 bridgehead atoms. The van der Waals surface area contributed by atoms with E-state index in [4.69, 9.17) is 4.42 Å². The van der Waals surface area contributed by atoms with Gasteiger partial charge in [-0.15, -0.1) is 0 Å². The second-order valence-electron chi connectivity index (χ2n) is 6.97. The number of hydrogen-bond acceptors (Lipinski definition) is 4. The van der Waals surface area contributed by atoms with Crippen molar-refractivity contribution in [2.75, 3.05) is 26.2 Å². The fourth-order valence-corrected chi connectivity index (χ4v) is 3.85. The zero-order valence-corrected chi connectivity index (χ0v) is 17.3. The summed E-state index contributed by atoms with van der Waals surface area (Å²) in [6.45, 7) is 5.65. The molecule has 7 heteroatoms. The SMILES string of the molecule is Cc1cc(C(=O)N2CCN(C(=O)c3ccc(C)o3)CC2)c2ccc(Br)cc2n1.